The van der Waals surface area contributed by atoms with Gasteiger partial charge in [-0.1, -0.05) is 103 Å². The number of ether oxygens (including phenoxy) is 2. The number of rotatable bonds is 18. The van der Waals surface area contributed by atoms with Crippen LogP contribution in [0.5, 0.6) is 0 Å². The molecular formula is C34H54N2O7. The first-order valence-electron chi connectivity index (χ1n) is 17.0. The maximum absolute atomic E-state index is 13.6. The standard InChI is InChI=1S/C34H54N2O7/c1-2-3-4-5-6-7-8-9-10-11-12-13-14-17-23-42-31-29(37)28(43-34(41)30(31)38)24-36-26-20-16-15-19-25(26)32(39)35-22-18-21-27(35)33(36)40/h15-16,19-20,27-31,34,37-38,41H,2-14,17-18,21-24H2,1H3/t27?,28-,29-,30-,31+,34?/m1/s1. The summed E-state index contributed by atoms with van der Waals surface area (Å²) in [5, 5.41) is 32.2. The molecule has 9 heteroatoms. The van der Waals surface area contributed by atoms with Crippen LogP contribution in [-0.2, 0) is 14.3 Å². The first-order valence-corrected chi connectivity index (χ1v) is 17.0. The molecule has 3 aliphatic heterocycles. The summed E-state index contributed by atoms with van der Waals surface area (Å²) in [6.45, 7) is 3.06. The van der Waals surface area contributed by atoms with E-state index in [0.717, 1.165) is 25.7 Å². The van der Waals surface area contributed by atoms with Gasteiger partial charge in [0.1, 0.15) is 30.5 Å². The highest BCUT2D eigenvalue weighted by atomic mass is 16.6. The van der Waals surface area contributed by atoms with Gasteiger partial charge in [0.25, 0.3) is 5.91 Å². The molecule has 2 unspecified atom stereocenters. The number of benzene rings is 1. The van der Waals surface area contributed by atoms with Gasteiger partial charge in [0.2, 0.25) is 5.91 Å². The van der Waals surface area contributed by atoms with Gasteiger partial charge in [0, 0.05) is 13.2 Å². The number of hydrogen-bond acceptors (Lipinski definition) is 7. The maximum atomic E-state index is 13.6. The van der Waals surface area contributed by atoms with Crippen molar-refractivity contribution in [1.29, 1.82) is 0 Å². The van der Waals surface area contributed by atoms with Gasteiger partial charge in [-0.2, -0.15) is 0 Å². The lowest BCUT2D eigenvalue weighted by Crippen LogP contribution is -2.61. The molecule has 9 nitrogen and oxygen atoms in total. The SMILES string of the molecule is CCCCCCCCCCCCCCCCO[C@H]1[C@H](O)[C@@H](CN2C(=O)C3CCCN3C(=O)c3ccccc32)OC(O)[C@@H]1O. The lowest BCUT2D eigenvalue weighted by atomic mass is 9.97. The van der Waals surface area contributed by atoms with Crippen LogP contribution in [0.4, 0.5) is 5.69 Å². The molecule has 0 bridgehead atoms. The topological polar surface area (TPSA) is 120 Å². The minimum Gasteiger partial charge on any atom is -0.388 e. The number of para-hydroxylation sites is 1. The van der Waals surface area contributed by atoms with E-state index in [1.165, 1.54) is 75.5 Å². The van der Waals surface area contributed by atoms with E-state index in [9.17, 15) is 24.9 Å². The molecule has 4 rings (SSSR count). The van der Waals surface area contributed by atoms with Crippen LogP contribution < -0.4 is 4.90 Å². The lowest BCUT2D eigenvalue weighted by Gasteiger charge is -2.42. The Hall–Kier alpha value is -2.04. The Morgan fingerprint density at radius 3 is 2.09 bits per heavy atom. The molecule has 2 fully saturated rings. The fourth-order valence-electron chi connectivity index (χ4n) is 6.76. The summed E-state index contributed by atoms with van der Waals surface area (Å²) in [6.07, 6.45) is 12.6. The van der Waals surface area contributed by atoms with E-state index >= 15 is 0 Å². The van der Waals surface area contributed by atoms with Gasteiger partial charge in [-0.15, -0.1) is 0 Å². The maximum Gasteiger partial charge on any atom is 0.256 e. The summed E-state index contributed by atoms with van der Waals surface area (Å²) in [7, 11) is 0. The summed E-state index contributed by atoms with van der Waals surface area (Å²) >= 11 is 0. The van der Waals surface area contributed by atoms with Crippen molar-refractivity contribution in [2.24, 2.45) is 0 Å². The number of aliphatic hydroxyl groups excluding tert-OH is 3. The molecular weight excluding hydrogens is 548 g/mol. The third-order valence-corrected chi connectivity index (χ3v) is 9.32. The highest BCUT2D eigenvalue weighted by molar-refractivity contribution is 6.11. The fourth-order valence-corrected chi connectivity index (χ4v) is 6.76. The number of fused-ring (bicyclic) bond motifs is 2. The number of carbonyl (C=O) groups excluding carboxylic acids is 2. The van der Waals surface area contributed by atoms with Gasteiger partial charge in [-0.05, 0) is 31.4 Å². The Morgan fingerprint density at radius 2 is 1.44 bits per heavy atom. The summed E-state index contributed by atoms with van der Waals surface area (Å²) in [4.78, 5) is 29.9. The average Bonchev–Trinajstić information content (AvgIpc) is 3.49. The lowest BCUT2D eigenvalue weighted by molar-refractivity contribution is -0.287. The van der Waals surface area contributed by atoms with Crippen LogP contribution in [0.2, 0.25) is 0 Å². The van der Waals surface area contributed by atoms with E-state index in [0.29, 0.717) is 30.8 Å². The number of aliphatic hydroxyl groups is 3. The molecule has 3 N–H and O–H groups in total. The van der Waals surface area contributed by atoms with Gasteiger partial charge in [0.05, 0.1) is 17.8 Å². The van der Waals surface area contributed by atoms with E-state index < -0.39 is 36.7 Å². The van der Waals surface area contributed by atoms with Crippen LogP contribution >= 0.6 is 0 Å². The molecule has 43 heavy (non-hydrogen) atoms. The minimum absolute atomic E-state index is 0.0723. The molecule has 0 spiro atoms. The largest absolute Gasteiger partial charge is 0.388 e. The smallest absolute Gasteiger partial charge is 0.256 e. The van der Waals surface area contributed by atoms with Gasteiger partial charge >= 0.3 is 0 Å². The van der Waals surface area contributed by atoms with E-state index in [1.807, 2.05) is 0 Å². The second-order valence-corrected chi connectivity index (χ2v) is 12.6. The van der Waals surface area contributed by atoms with Crippen molar-refractivity contribution in [3.05, 3.63) is 29.8 Å². The molecule has 3 aliphatic rings. The molecule has 6 atom stereocenters. The molecule has 242 valence electrons. The highest BCUT2D eigenvalue weighted by Crippen LogP contribution is 2.34. The Bertz CT molecular complexity index is 1010. The van der Waals surface area contributed by atoms with Crippen LogP contribution in [0, 0.1) is 0 Å². The van der Waals surface area contributed by atoms with Crippen LogP contribution in [0.3, 0.4) is 0 Å². The van der Waals surface area contributed by atoms with E-state index in [4.69, 9.17) is 9.47 Å². The zero-order chi connectivity index (χ0) is 30.6. The van der Waals surface area contributed by atoms with Crippen LogP contribution in [0.25, 0.3) is 0 Å². The summed E-state index contributed by atoms with van der Waals surface area (Å²) in [6, 6.07) is 6.39. The first kappa shape index (κ1) is 33.8. The predicted octanol–water partition coefficient (Wildman–Crippen LogP) is 4.94. The highest BCUT2D eigenvalue weighted by Gasteiger charge is 2.48. The average molecular weight is 603 g/mol. The normalized spacial score (nSPS) is 27.3. The van der Waals surface area contributed by atoms with Gasteiger partial charge in [-0.25, -0.2) is 0 Å². The number of unbranched alkanes of at least 4 members (excludes halogenated alkanes) is 13. The number of amides is 2. The molecule has 3 heterocycles. The van der Waals surface area contributed by atoms with Crippen molar-refractivity contribution in [3.8, 4) is 0 Å². The number of anilines is 1. The summed E-state index contributed by atoms with van der Waals surface area (Å²) in [5.74, 6) is -0.406. The third kappa shape index (κ3) is 9.01. The monoisotopic (exact) mass is 602 g/mol. The molecule has 2 saturated heterocycles. The molecule has 0 radical (unpaired) electrons. The Morgan fingerprint density at radius 1 is 0.837 bits per heavy atom. The van der Waals surface area contributed by atoms with E-state index in [2.05, 4.69) is 6.92 Å². The Labute approximate surface area is 257 Å². The van der Waals surface area contributed by atoms with Crippen LogP contribution in [0.1, 0.15) is 120 Å². The van der Waals surface area contributed by atoms with Crippen molar-refractivity contribution in [1.82, 2.24) is 4.90 Å². The van der Waals surface area contributed by atoms with Crippen LogP contribution in [0.15, 0.2) is 24.3 Å². The van der Waals surface area contributed by atoms with E-state index in [-0.39, 0.29) is 18.4 Å². The number of nitrogens with zero attached hydrogens (tertiary/aromatic N) is 2. The molecule has 0 aliphatic carbocycles. The Kier molecular flexibility index (Phi) is 13.7. The summed E-state index contributed by atoms with van der Waals surface area (Å²) < 4.78 is 11.5. The fraction of sp³-hybridized carbons (Fsp3) is 0.765. The second-order valence-electron chi connectivity index (χ2n) is 12.6. The molecule has 1 aromatic rings. The first-order chi connectivity index (χ1) is 20.9. The Balaban J connectivity index is 1.20. The quantitative estimate of drug-likeness (QED) is 0.204. The van der Waals surface area contributed by atoms with Crippen molar-refractivity contribution in [3.63, 3.8) is 0 Å². The van der Waals surface area contributed by atoms with Crippen molar-refractivity contribution in [2.45, 2.75) is 146 Å². The van der Waals surface area contributed by atoms with Crippen molar-refractivity contribution in [2.75, 3.05) is 24.6 Å². The van der Waals surface area contributed by atoms with Crippen molar-refractivity contribution < 1.29 is 34.4 Å². The molecule has 2 amide bonds. The molecule has 0 aromatic heterocycles. The predicted molar refractivity (Wildman–Crippen MR) is 166 cm³/mol. The summed E-state index contributed by atoms with van der Waals surface area (Å²) in [5.41, 5.74) is 0.889. The van der Waals surface area contributed by atoms with Crippen LogP contribution in [-0.4, -0.2) is 88.5 Å². The zero-order valence-electron chi connectivity index (χ0n) is 26.1. The number of hydrogen-bond donors (Lipinski definition) is 3. The minimum atomic E-state index is -1.56. The molecule has 0 saturated carbocycles. The van der Waals surface area contributed by atoms with E-state index in [1.54, 1.807) is 29.2 Å². The van der Waals surface area contributed by atoms with Gasteiger partial charge < -0.3 is 34.6 Å². The molecule has 1 aromatic carbocycles. The third-order valence-electron chi connectivity index (χ3n) is 9.32. The zero-order valence-corrected chi connectivity index (χ0v) is 26.1. The number of carbonyl (C=O) groups is 2. The van der Waals surface area contributed by atoms with Gasteiger partial charge in [-0.3, -0.25) is 9.59 Å². The van der Waals surface area contributed by atoms with Gasteiger partial charge in [0.15, 0.2) is 6.29 Å². The van der Waals surface area contributed by atoms with Crippen molar-refractivity contribution >= 4 is 17.5 Å². The second kappa shape index (κ2) is 17.4.